The van der Waals surface area contributed by atoms with Crippen LogP contribution in [0.2, 0.25) is 0 Å². The first-order valence-corrected chi connectivity index (χ1v) is 6.20. The molecule has 0 fully saturated rings. The van der Waals surface area contributed by atoms with E-state index >= 15 is 0 Å². The Morgan fingerprint density at radius 3 is 2.56 bits per heavy atom. The van der Waals surface area contributed by atoms with Crippen molar-refractivity contribution in [3.63, 3.8) is 0 Å². The number of hydrogen-bond donors (Lipinski definition) is 2. The Hall–Kier alpha value is -1.58. The standard InChI is InChI=1S/C14H20FNO2/c1-9(2)7-8-10(3)16-14(18)13-11(15)5-4-6-12(13)17/h4-6,9-10,17H,7-8H2,1-3H3,(H,16,18). The zero-order valence-corrected chi connectivity index (χ0v) is 11.0. The molecule has 0 aliphatic carbocycles. The highest BCUT2D eigenvalue weighted by Gasteiger charge is 2.18. The van der Waals surface area contributed by atoms with Gasteiger partial charge in [0.2, 0.25) is 0 Å². The zero-order chi connectivity index (χ0) is 13.7. The highest BCUT2D eigenvalue weighted by atomic mass is 19.1. The average Bonchev–Trinajstić information content (AvgIpc) is 2.26. The fourth-order valence-corrected chi connectivity index (χ4v) is 1.69. The molecule has 0 radical (unpaired) electrons. The van der Waals surface area contributed by atoms with Crippen LogP contribution in [-0.4, -0.2) is 17.1 Å². The fourth-order valence-electron chi connectivity index (χ4n) is 1.69. The summed E-state index contributed by atoms with van der Waals surface area (Å²) in [5.74, 6) is -1.04. The van der Waals surface area contributed by atoms with Gasteiger partial charge >= 0.3 is 0 Å². The lowest BCUT2D eigenvalue weighted by Gasteiger charge is -2.15. The third-order valence-corrected chi connectivity index (χ3v) is 2.77. The smallest absolute Gasteiger partial charge is 0.258 e. The van der Waals surface area contributed by atoms with Crippen molar-refractivity contribution in [2.24, 2.45) is 5.92 Å². The third-order valence-electron chi connectivity index (χ3n) is 2.77. The first kappa shape index (κ1) is 14.5. The molecule has 4 heteroatoms. The minimum atomic E-state index is -0.705. The SMILES string of the molecule is CC(C)CCC(C)NC(=O)c1c(O)cccc1F. The summed E-state index contributed by atoms with van der Waals surface area (Å²) in [5, 5.41) is 12.2. The van der Waals surface area contributed by atoms with Gasteiger partial charge in [-0.3, -0.25) is 4.79 Å². The minimum Gasteiger partial charge on any atom is -0.507 e. The van der Waals surface area contributed by atoms with Crippen LogP contribution in [0.3, 0.4) is 0 Å². The van der Waals surface area contributed by atoms with Crippen molar-refractivity contribution in [3.8, 4) is 5.75 Å². The predicted molar refractivity (Wildman–Crippen MR) is 69.1 cm³/mol. The summed E-state index contributed by atoms with van der Waals surface area (Å²) >= 11 is 0. The van der Waals surface area contributed by atoms with E-state index in [1.807, 2.05) is 6.92 Å². The molecular weight excluding hydrogens is 233 g/mol. The van der Waals surface area contributed by atoms with Gasteiger partial charge in [-0.2, -0.15) is 0 Å². The summed E-state index contributed by atoms with van der Waals surface area (Å²) in [7, 11) is 0. The summed E-state index contributed by atoms with van der Waals surface area (Å²) < 4.78 is 13.4. The number of nitrogens with one attached hydrogen (secondary N) is 1. The molecule has 0 saturated heterocycles. The number of benzene rings is 1. The second-order valence-corrected chi connectivity index (χ2v) is 4.98. The summed E-state index contributed by atoms with van der Waals surface area (Å²) in [4.78, 5) is 11.8. The van der Waals surface area contributed by atoms with Crippen LogP contribution in [0.4, 0.5) is 4.39 Å². The van der Waals surface area contributed by atoms with Gasteiger partial charge in [0.1, 0.15) is 17.1 Å². The average molecular weight is 253 g/mol. The van der Waals surface area contributed by atoms with Gasteiger partial charge in [-0.1, -0.05) is 19.9 Å². The van der Waals surface area contributed by atoms with E-state index in [4.69, 9.17) is 0 Å². The van der Waals surface area contributed by atoms with E-state index < -0.39 is 11.7 Å². The van der Waals surface area contributed by atoms with Crippen LogP contribution in [0, 0.1) is 11.7 Å². The maximum Gasteiger partial charge on any atom is 0.258 e. The molecule has 0 spiro atoms. The van der Waals surface area contributed by atoms with Crippen LogP contribution in [0.5, 0.6) is 5.75 Å². The molecule has 3 nitrogen and oxygen atoms in total. The van der Waals surface area contributed by atoms with Gasteiger partial charge in [-0.25, -0.2) is 4.39 Å². The maximum atomic E-state index is 13.4. The lowest BCUT2D eigenvalue weighted by Crippen LogP contribution is -2.33. The molecule has 0 heterocycles. The Labute approximate surface area is 107 Å². The number of carbonyl (C=O) groups is 1. The number of rotatable bonds is 5. The maximum absolute atomic E-state index is 13.4. The highest BCUT2D eigenvalue weighted by molar-refractivity contribution is 5.97. The molecule has 0 saturated carbocycles. The second-order valence-electron chi connectivity index (χ2n) is 4.98. The Balaban J connectivity index is 2.65. The molecule has 0 aliphatic rings. The number of phenols is 1. The number of halogens is 1. The van der Waals surface area contributed by atoms with Crippen molar-refractivity contribution < 1.29 is 14.3 Å². The van der Waals surface area contributed by atoms with E-state index in [0.717, 1.165) is 18.9 Å². The molecule has 1 aromatic rings. The van der Waals surface area contributed by atoms with Gasteiger partial charge < -0.3 is 10.4 Å². The summed E-state index contributed by atoms with van der Waals surface area (Å²) in [5.41, 5.74) is -0.283. The van der Waals surface area contributed by atoms with Crippen LogP contribution in [0.25, 0.3) is 0 Å². The summed E-state index contributed by atoms with van der Waals surface area (Å²) in [6.45, 7) is 6.09. The van der Waals surface area contributed by atoms with E-state index in [2.05, 4.69) is 19.2 Å². The molecule has 1 aromatic carbocycles. The van der Waals surface area contributed by atoms with Crippen molar-refractivity contribution in [3.05, 3.63) is 29.6 Å². The normalized spacial score (nSPS) is 12.5. The monoisotopic (exact) mass is 253 g/mol. The Morgan fingerprint density at radius 2 is 2.00 bits per heavy atom. The molecule has 1 amide bonds. The second kappa shape index (κ2) is 6.38. The third kappa shape index (κ3) is 4.02. The predicted octanol–water partition coefficient (Wildman–Crippen LogP) is 3.09. The van der Waals surface area contributed by atoms with Crippen molar-refractivity contribution in [2.45, 2.75) is 39.7 Å². The van der Waals surface area contributed by atoms with Crippen molar-refractivity contribution >= 4 is 5.91 Å². The molecule has 2 N–H and O–H groups in total. The largest absolute Gasteiger partial charge is 0.507 e. The number of hydrogen-bond acceptors (Lipinski definition) is 2. The van der Waals surface area contributed by atoms with Crippen LogP contribution in [-0.2, 0) is 0 Å². The van der Waals surface area contributed by atoms with Crippen molar-refractivity contribution in [1.29, 1.82) is 0 Å². The minimum absolute atomic E-state index is 0.0427. The van der Waals surface area contributed by atoms with Gasteiger partial charge in [-0.05, 0) is 37.8 Å². The Morgan fingerprint density at radius 1 is 1.33 bits per heavy atom. The van der Waals surface area contributed by atoms with E-state index in [1.165, 1.54) is 12.1 Å². The molecule has 18 heavy (non-hydrogen) atoms. The van der Waals surface area contributed by atoms with Crippen LogP contribution in [0.15, 0.2) is 18.2 Å². The molecular formula is C14H20FNO2. The lowest BCUT2D eigenvalue weighted by atomic mass is 10.0. The van der Waals surface area contributed by atoms with Gasteiger partial charge in [0, 0.05) is 6.04 Å². The molecule has 1 rings (SSSR count). The van der Waals surface area contributed by atoms with Gasteiger partial charge in [0.25, 0.3) is 5.91 Å². The van der Waals surface area contributed by atoms with E-state index in [1.54, 1.807) is 0 Å². The quantitative estimate of drug-likeness (QED) is 0.847. The molecule has 100 valence electrons. The summed E-state index contributed by atoms with van der Waals surface area (Å²) in [6.07, 6.45) is 1.82. The number of carbonyl (C=O) groups excluding carboxylic acids is 1. The number of aromatic hydroxyl groups is 1. The molecule has 0 aromatic heterocycles. The molecule has 1 unspecified atom stereocenters. The number of amides is 1. The van der Waals surface area contributed by atoms with Crippen LogP contribution in [0.1, 0.15) is 44.0 Å². The Kier molecular flexibility index (Phi) is 5.13. The highest BCUT2D eigenvalue weighted by Crippen LogP contribution is 2.19. The van der Waals surface area contributed by atoms with Crippen LogP contribution >= 0.6 is 0 Å². The van der Waals surface area contributed by atoms with Gasteiger partial charge in [0.05, 0.1) is 0 Å². The Bertz CT molecular complexity index is 398. The molecule has 1 atom stereocenters. The van der Waals surface area contributed by atoms with Crippen molar-refractivity contribution in [1.82, 2.24) is 5.32 Å². The topological polar surface area (TPSA) is 49.3 Å². The first-order chi connectivity index (χ1) is 8.41. The summed E-state index contributed by atoms with van der Waals surface area (Å²) in [6, 6.07) is 3.78. The fraction of sp³-hybridized carbons (Fsp3) is 0.500. The van der Waals surface area contributed by atoms with E-state index in [-0.39, 0.29) is 17.4 Å². The van der Waals surface area contributed by atoms with Gasteiger partial charge in [-0.15, -0.1) is 0 Å². The van der Waals surface area contributed by atoms with Gasteiger partial charge in [0.15, 0.2) is 0 Å². The molecule has 0 bridgehead atoms. The molecule has 0 aliphatic heterocycles. The first-order valence-electron chi connectivity index (χ1n) is 6.20. The van der Waals surface area contributed by atoms with E-state index in [0.29, 0.717) is 5.92 Å². The number of phenolic OH excluding ortho intramolecular Hbond substituents is 1. The van der Waals surface area contributed by atoms with Crippen LogP contribution < -0.4 is 5.32 Å². The zero-order valence-electron chi connectivity index (χ0n) is 11.0. The van der Waals surface area contributed by atoms with E-state index in [9.17, 15) is 14.3 Å². The lowest BCUT2D eigenvalue weighted by molar-refractivity contribution is 0.0930. The van der Waals surface area contributed by atoms with Crippen molar-refractivity contribution in [2.75, 3.05) is 0 Å².